The van der Waals surface area contributed by atoms with Crippen LogP contribution in [0.15, 0.2) is 95.3 Å². The van der Waals surface area contributed by atoms with Gasteiger partial charge in [-0.3, -0.25) is 33.8 Å². The predicted molar refractivity (Wildman–Crippen MR) is 307 cm³/mol. The Morgan fingerprint density at radius 1 is 0.680 bits per heavy atom. The summed E-state index contributed by atoms with van der Waals surface area (Å²) in [6.07, 6.45) is 4.88. The number of allylic oxidation sites excluding steroid dienone is 2. The smallest absolute Gasteiger partial charge is 0.224 e. The molecule has 8 rings (SSSR count). The second-order valence-corrected chi connectivity index (χ2v) is 23.5. The molecule has 17 heteroatoms. The molecule has 4 aromatic rings. The molecule has 0 spiro atoms. The average Bonchev–Trinajstić information content (AvgIpc) is 3.55. The van der Waals surface area contributed by atoms with Crippen LogP contribution in [0.2, 0.25) is 20.1 Å². The minimum absolute atomic E-state index is 0.0252. The van der Waals surface area contributed by atoms with Crippen molar-refractivity contribution in [1.82, 2.24) is 15.1 Å². The van der Waals surface area contributed by atoms with Crippen molar-refractivity contribution >= 4 is 98.8 Å². The number of aldehydes is 1. The van der Waals surface area contributed by atoms with Crippen molar-refractivity contribution in [3.05, 3.63) is 138 Å². The highest BCUT2D eigenvalue weighted by Gasteiger charge is 2.46. The van der Waals surface area contributed by atoms with E-state index in [-0.39, 0.29) is 34.2 Å². The number of amides is 2. The highest BCUT2D eigenvalue weighted by atomic mass is 35.5. The maximum Gasteiger partial charge on any atom is 0.224 e. The van der Waals surface area contributed by atoms with E-state index in [1.54, 1.807) is 60.4 Å². The van der Waals surface area contributed by atoms with Crippen LogP contribution < -0.4 is 31.5 Å². The van der Waals surface area contributed by atoms with Crippen LogP contribution in [0.25, 0.3) is 0 Å². The van der Waals surface area contributed by atoms with Gasteiger partial charge in [0.1, 0.15) is 0 Å². The minimum atomic E-state index is -0.782. The molecule has 2 heterocycles. The number of Topliss-reactive ketones (excluding diaryl/α,β-unsaturated/α-hetero) is 2. The summed E-state index contributed by atoms with van der Waals surface area (Å²) in [6.45, 7) is 15.6. The van der Waals surface area contributed by atoms with E-state index in [0.29, 0.717) is 97.8 Å². The fourth-order valence-electron chi connectivity index (χ4n) is 10.4. The minimum Gasteiger partial charge on any atom is -0.357 e. The van der Waals surface area contributed by atoms with Gasteiger partial charge >= 0.3 is 0 Å². The van der Waals surface area contributed by atoms with E-state index in [1.807, 2.05) is 38.1 Å². The monoisotopic (exact) mass is 1100 g/mol. The highest BCUT2D eigenvalue weighted by Crippen LogP contribution is 2.52. The average molecular weight is 1100 g/mol. The molecule has 0 fully saturated rings. The second-order valence-electron chi connectivity index (χ2n) is 21.8. The summed E-state index contributed by atoms with van der Waals surface area (Å²) < 4.78 is 0. The molecule has 5 N–H and O–H groups in total. The zero-order valence-corrected chi connectivity index (χ0v) is 47.9. The number of para-hydroxylation sites is 2. The summed E-state index contributed by atoms with van der Waals surface area (Å²) in [5.74, 6) is -0.496. The lowest BCUT2D eigenvalue weighted by atomic mass is 9.73. The van der Waals surface area contributed by atoms with E-state index in [2.05, 4.69) is 67.8 Å². The number of carbonyl (C=O) groups excluding carboxylic acids is 5. The summed E-state index contributed by atoms with van der Waals surface area (Å²) >= 11 is 25.7. The van der Waals surface area contributed by atoms with E-state index in [1.165, 1.54) is 11.8 Å². The Balaban J connectivity index is 0.000000219. The Hall–Kier alpha value is -5.09. The normalized spacial score (nSPS) is 18.5. The molecule has 2 atom stereocenters. The molecule has 0 aromatic heterocycles. The molecule has 13 nitrogen and oxygen atoms in total. The summed E-state index contributed by atoms with van der Waals surface area (Å²) in [6, 6.07) is 20.0. The number of carbonyl (C=O) groups is 5. The molecule has 75 heavy (non-hydrogen) atoms. The van der Waals surface area contributed by atoms with Gasteiger partial charge in [-0.2, -0.15) is 0 Å². The van der Waals surface area contributed by atoms with Gasteiger partial charge in [0, 0.05) is 81.4 Å². The number of halogens is 4. The van der Waals surface area contributed by atoms with Crippen molar-refractivity contribution < 1.29 is 24.0 Å². The number of nitrogens with zero attached hydrogens (tertiary/aromatic N) is 4. The molecule has 0 saturated carbocycles. The van der Waals surface area contributed by atoms with Crippen molar-refractivity contribution in [2.24, 2.45) is 16.6 Å². The first-order valence-corrected chi connectivity index (χ1v) is 26.9. The molecular formula is C58H72Cl4N8O5. The Kier molecular flexibility index (Phi) is 20.0. The first-order chi connectivity index (χ1) is 35.4. The molecule has 0 saturated heterocycles. The maximum atomic E-state index is 13.7. The molecule has 402 valence electrons. The number of benzene rings is 4. The summed E-state index contributed by atoms with van der Waals surface area (Å²) in [5, 5.41) is 12.2. The Morgan fingerprint density at radius 2 is 1.13 bits per heavy atom. The maximum absolute atomic E-state index is 13.7. The van der Waals surface area contributed by atoms with Crippen LogP contribution in [-0.4, -0.2) is 93.8 Å². The topological polar surface area (TPSA) is 160 Å². The molecule has 0 bridgehead atoms. The number of nitrogens with two attached hydrogens (primary N) is 1. The lowest BCUT2D eigenvalue weighted by Crippen LogP contribution is -2.39. The van der Waals surface area contributed by atoms with Gasteiger partial charge in [-0.1, -0.05) is 104 Å². The number of rotatable bonds is 12. The van der Waals surface area contributed by atoms with Gasteiger partial charge in [-0.25, -0.2) is 0 Å². The van der Waals surface area contributed by atoms with Gasteiger partial charge in [0.25, 0.3) is 0 Å². The highest BCUT2D eigenvalue weighted by molar-refractivity contribution is 6.36. The van der Waals surface area contributed by atoms with Crippen molar-refractivity contribution in [2.45, 2.75) is 98.7 Å². The van der Waals surface area contributed by atoms with Gasteiger partial charge in [-0.15, -0.1) is 0 Å². The zero-order chi connectivity index (χ0) is 55.1. The van der Waals surface area contributed by atoms with Gasteiger partial charge < -0.3 is 31.5 Å². The zero-order valence-electron chi connectivity index (χ0n) is 44.9. The number of hydrogen-bond donors (Lipinski definition) is 4. The van der Waals surface area contributed by atoms with Crippen LogP contribution in [-0.2, 0) is 25.7 Å². The number of anilines is 4. The standard InChI is InChI=1S/C29H36Cl2N4O2.C24H22Cl2N2O3.C5H14N2/c1-18(36)35-27-19(17-32-12-7-13-34(4)5)8-6-9-23(27)33-24-15-29(2,3)16-25(37)26(24)28(35)21-11-10-20(30)14-22(21)31;1-13(30)28-22-14(12-29)5-4-6-18(22)27-19-10-24(2,3)11-20(31)21(19)23(28)16-8-7-15(25)9-17(16)26;1-7(2)5-3-4-6/h6,8-11,14,28,32-33H,7,12-13,15-17H2,1-5H3;4-9,12,23,27H,10-11H2,1-3H3;3-6H2,1-2H3. The number of nitrogens with one attached hydrogen (secondary N) is 3. The largest absolute Gasteiger partial charge is 0.357 e. The predicted octanol–water partition coefficient (Wildman–Crippen LogP) is 12.1. The number of fused-ring (bicyclic) bond motifs is 2. The van der Waals surface area contributed by atoms with Crippen LogP contribution in [0.3, 0.4) is 0 Å². The molecular weight excluding hydrogens is 1030 g/mol. The molecule has 0 radical (unpaired) electrons. The Morgan fingerprint density at radius 3 is 1.56 bits per heavy atom. The van der Waals surface area contributed by atoms with Crippen LogP contribution in [0, 0.1) is 10.8 Å². The van der Waals surface area contributed by atoms with Crippen LogP contribution in [0.1, 0.15) is 119 Å². The summed E-state index contributed by atoms with van der Waals surface area (Å²) in [7, 11) is 8.23. The van der Waals surface area contributed by atoms with E-state index in [4.69, 9.17) is 52.1 Å². The molecule has 2 aliphatic heterocycles. The summed E-state index contributed by atoms with van der Waals surface area (Å²) in [5.41, 5.74) is 12.7. The second kappa shape index (κ2) is 25.4. The summed E-state index contributed by atoms with van der Waals surface area (Å²) in [4.78, 5) is 73.1. The first kappa shape index (κ1) is 59.2. The third-order valence-electron chi connectivity index (χ3n) is 13.5. The molecule has 2 aliphatic carbocycles. The quantitative estimate of drug-likeness (QED) is 0.0790. The van der Waals surface area contributed by atoms with E-state index in [0.717, 1.165) is 67.4 Å². The Bertz CT molecular complexity index is 2880. The van der Waals surface area contributed by atoms with E-state index < -0.39 is 12.1 Å². The first-order valence-electron chi connectivity index (χ1n) is 25.3. The van der Waals surface area contributed by atoms with Crippen LogP contribution in [0.5, 0.6) is 0 Å². The molecule has 2 amide bonds. The van der Waals surface area contributed by atoms with Gasteiger partial charge in [-0.05, 0) is 150 Å². The Labute approximate surface area is 463 Å². The van der Waals surface area contributed by atoms with Crippen molar-refractivity contribution in [3.8, 4) is 0 Å². The van der Waals surface area contributed by atoms with Crippen molar-refractivity contribution in [3.63, 3.8) is 0 Å². The fraction of sp³-hybridized carbons (Fsp3) is 0.431. The molecule has 4 aromatic carbocycles. The number of hydrogen-bond acceptors (Lipinski definition) is 11. The fourth-order valence-corrected chi connectivity index (χ4v) is 11.4. The van der Waals surface area contributed by atoms with Crippen LogP contribution >= 0.6 is 46.4 Å². The molecule has 2 unspecified atom stereocenters. The van der Waals surface area contributed by atoms with Crippen LogP contribution in [0.4, 0.5) is 22.7 Å². The van der Waals surface area contributed by atoms with E-state index >= 15 is 0 Å². The molecule has 4 aliphatic rings. The van der Waals surface area contributed by atoms with Crippen molar-refractivity contribution in [2.75, 3.05) is 74.8 Å². The number of ketones is 2. The van der Waals surface area contributed by atoms with Gasteiger partial charge in [0.2, 0.25) is 11.8 Å². The van der Waals surface area contributed by atoms with Gasteiger partial charge in [0.05, 0.1) is 34.8 Å². The third-order valence-corrected chi connectivity index (χ3v) is 14.7. The van der Waals surface area contributed by atoms with E-state index in [9.17, 15) is 24.0 Å². The van der Waals surface area contributed by atoms with Gasteiger partial charge in [0.15, 0.2) is 17.9 Å². The SMILES string of the molecule is CC(=O)N1c2c(C=O)cccc2NC2=C(C(=O)CC(C)(C)C2)C1c1ccc(Cl)cc1Cl.CC(=O)N1c2c(CNCCCN(C)C)cccc2NC2=C(C(=O)CC(C)(C)C2)C1c1ccc(Cl)cc1Cl.CN(C)CCCN. The third kappa shape index (κ3) is 14.3. The lowest BCUT2D eigenvalue weighted by Gasteiger charge is -2.37. The van der Waals surface area contributed by atoms with Crippen molar-refractivity contribution in [1.29, 1.82) is 0 Å². The lowest BCUT2D eigenvalue weighted by molar-refractivity contribution is -0.120.